The lowest BCUT2D eigenvalue weighted by molar-refractivity contribution is 0.101. The average molecular weight is 630 g/mol. The molecule has 4 rings (SSSR count). The average Bonchev–Trinajstić information content (AvgIpc) is 3.46. The molecular weight excluding hydrogens is 595 g/mol. The standard InChI is InChI=1S/C31H34BrFN2O6/c1-20-13-24(32)9-10-27(20)21(2)17-39-30(36)34-25-14-23(29(28(33)15-25)41-26-11-12-38-19-26)16-35(3)31(37)40-18-22-7-5-4-6-8-22/h4-10,13-15,21,26H,11-12,16-19H2,1-3H3,(H,34,36)/t21-,26+/m0/s1. The van der Waals surface area contributed by atoms with Crippen LogP contribution in [0, 0.1) is 12.7 Å². The first-order chi connectivity index (χ1) is 19.7. The number of anilines is 1. The Morgan fingerprint density at radius 1 is 1.15 bits per heavy atom. The third-order valence-electron chi connectivity index (χ3n) is 6.69. The molecule has 3 aromatic carbocycles. The van der Waals surface area contributed by atoms with Crippen molar-refractivity contribution in [2.45, 2.75) is 45.4 Å². The molecule has 3 aromatic rings. The normalized spacial score (nSPS) is 15.2. The molecule has 8 nitrogen and oxygen atoms in total. The van der Waals surface area contributed by atoms with Gasteiger partial charge in [-0.15, -0.1) is 0 Å². The topological polar surface area (TPSA) is 86.3 Å². The Labute approximate surface area is 247 Å². The molecule has 0 spiro atoms. The second-order valence-electron chi connectivity index (χ2n) is 10.1. The molecule has 1 fully saturated rings. The van der Waals surface area contributed by atoms with Gasteiger partial charge in [-0.05, 0) is 41.8 Å². The molecule has 1 heterocycles. The van der Waals surface area contributed by atoms with Gasteiger partial charge in [0.15, 0.2) is 11.6 Å². The molecule has 0 aliphatic carbocycles. The van der Waals surface area contributed by atoms with Crippen LogP contribution in [0.15, 0.2) is 65.1 Å². The van der Waals surface area contributed by atoms with Gasteiger partial charge in [-0.25, -0.2) is 14.0 Å². The summed E-state index contributed by atoms with van der Waals surface area (Å²) in [5.74, 6) is -0.711. The second-order valence-corrected chi connectivity index (χ2v) is 11.0. The van der Waals surface area contributed by atoms with Gasteiger partial charge in [0.1, 0.15) is 12.7 Å². The minimum atomic E-state index is -0.717. The van der Waals surface area contributed by atoms with Gasteiger partial charge in [0.2, 0.25) is 0 Å². The lowest BCUT2D eigenvalue weighted by Crippen LogP contribution is -2.28. The number of nitrogens with zero attached hydrogens (tertiary/aromatic N) is 1. The van der Waals surface area contributed by atoms with Crippen molar-refractivity contribution in [3.8, 4) is 5.75 Å². The number of nitrogens with one attached hydrogen (secondary N) is 1. The van der Waals surface area contributed by atoms with Crippen LogP contribution in [-0.4, -0.2) is 50.1 Å². The van der Waals surface area contributed by atoms with Gasteiger partial charge in [-0.2, -0.15) is 0 Å². The van der Waals surface area contributed by atoms with E-state index < -0.39 is 18.0 Å². The molecule has 0 saturated carbocycles. The lowest BCUT2D eigenvalue weighted by Gasteiger charge is -2.22. The van der Waals surface area contributed by atoms with Crippen molar-refractivity contribution in [2.24, 2.45) is 0 Å². The SMILES string of the molecule is Cc1cc(Br)ccc1[C@@H](C)COC(=O)Nc1cc(F)c(O[C@@H]2CCOC2)c(CN(C)C(=O)OCc2ccccc2)c1. The van der Waals surface area contributed by atoms with Crippen LogP contribution in [0.25, 0.3) is 0 Å². The van der Waals surface area contributed by atoms with Crippen molar-refractivity contribution in [3.05, 3.63) is 93.2 Å². The van der Waals surface area contributed by atoms with E-state index in [2.05, 4.69) is 21.2 Å². The van der Waals surface area contributed by atoms with Gasteiger partial charge in [-0.3, -0.25) is 5.32 Å². The summed E-state index contributed by atoms with van der Waals surface area (Å²) in [6, 6.07) is 18.0. The number of amides is 2. The zero-order valence-electron chi connectivity index (χ0n) is 23.3. The third-order valence-corrected chi connectivity index (χ3v) is 7.18. The number of carbonyl (C=O) groups is 2. The van der Waals surface area contributed by atoms with Crippen LogP contribution in [0.1, 0.15) is 41.5 Å². The van der Waals surface area contributed by atoms with Crippen LogP contribution in [0.3, 0.4) is 0 Å². The lowest BCUT2D eigenvalue weighted by atomic mass is 9.97. The van der Waals surface area contributed by atoms with Gasteiger partial charge in [-0.1, -0.05) is 59.3 Å². The monoisotopic (exact) mass is 628 g/mol. The molecular formula is C31H34BrFN2O6. The molecule has 0 aromatic heterocycles. The van der Waals surface area contributed by atoms with E-state index >= 15 is 4.39 Å². The minimum absolute atomic E-state index is 0.00135. The number of rotatable bonds is 10. The van der Waals surface area contributed by atoms with Crippen LogP contribution in [0.2, 0.25) is 0 Å². The van der Waals surface area contributed by atoms with E-state index in [4.69, 9.17) is 18.9 Å². The zero-order valence-corrected chi connectivity index (χ0v) is 24.9. The van der Waals surface area contributed by atoms with Gasteiger partial charge >= 0.3 is 12.2 Å². The number of benzene rings is 3. The van der Waals surface area contributed by atoms with Gasteiger partial charge < -0.3 is 23.8 Å². The Hall–Kier alpha value is -3.63. The summed E-state index contributed by atoms with van der Waals surface area (Å²) in [5, 5.41) is 2.60. The molecule has 10 heteroatoms. The fourth-order valence-corrected chi connectivity index (χ4v) is 5.01. The van der Waals surface area contributed by atoms with E-state index in [0.717, 1.165) is 21.2 Å². The molecule has 0 unspecified atom stereocenters. The molecule has 41 heavy (non-hydrogen) atoms. The van der Waals surface area contributed by atoms with E-state index in [1.807, 2.05) is 62.4 Å². The van der Waals surface area contributed by atoms with Crippen LogP contribution in [-0.2, 0) is 27.4 Å². The van der Waals surface area contributed by atoms with Crippen molar-refractivity contribution in [1.82, 2.24) is 4.90 Å². The first kappa shape index (κ1) is 30.3. The van der Waals surface area contributed by atoms with Crippen molar-refractivity contribution in [2.75, 3.05) is 32.2 Å². The molecule has 0 radical (unpaired) electrons. The highest BCUT2D eigenvalue weighted by molar-refractivity contribution is 9.10. The first-order valence-corrected chi connectivity index (χ1v) is 14.2. The second kappa shape index (κ2) is 14.3. The molecule has 1 aliphatic rings. The summed E-state index contributed by atoms with van der Waals surface area (Å²) in [5.41, 5.74) is 3.53. The Morgan fingerprint density at radius 3 is 2.63 bits per heavy atom. The predicted octanol–water partition coefficient (Wildman–Crippen LogP) is 7.19. The maximum Gasteiger partial charge on any atom is 0.411 e. The summed E-state index contributed by atoms with van der Waals surface area (Å²) < 4.78 is 38.5. The highest BCUT2D eigenvalue weighted by Crippen LogP contribution is 2.31. The summed E-state index contributed by atoms with van der Waals surface area (Å²) in [6.45, 7) is 5.06. The van der Waals surface area contributed by atoms with Crippen molar-refractivity contribution in [3.63, 3.8) is 0 Å². The molecule has 2 amide bonds. The quantitative estimate of drug-likeness (QED) is 0.256. The van der Waals surface area contributed by atoms with Gasteiger partial charge in [0.05, 0.1) is 26.4 Å². The summed E-state index contributed by atoms with van der Waals surface area (Å²) in [4.78, 5) is 26.6. The van der Waals surface area contributed by atoms with Crippen LogP contribution >= 0.6 is 15.9 Å². The molecule has 1 saturated heterocycles. The highest BCUT2D eigenvalue weighted by Gasteiger charge is 2.24. The van der Waals surface area contributed by atoms with Crippen LogP contribution < -0.4 is 10.1 Å². The Balaban J connectivity index is 1.43. The molecule has 1 N–H and O–H groups in total. The number of carbonyl (C=O) groups excluding carboxylic acids is 2. The largest absolute Gasteiger partial charge is 0.484 e. The maximum atomic E-state index is 15.4. The van der Waals surface area contributed by atoms with Crippen molar-refractivity contribution < 1.29 is 32.9 Å². The number of hydrogen-bond donors (Lipinski definition) is 1. The highest BCUT2D eigenvalue weighted by atomic mass is 79.9. The molecule has 0 bridgehead atoms. The Morgan fingerprint density at radius 2 is 1.93 bits per heavy atom. The fourth-order valence-electron chi connectivity index (χ4n) is 4.53. The van der Waals surface area contributed by atoms with E-state index in [9.17, 15) is 9.59 Å². The van der Waals surface area contributed by atoms with Gasteiger partial charge in [0, 0.05) is 41.2 Å². The maximum absolute atomic E-state index is 15.4. The third kappa shape index (κ3) is 8.68. The van der Waals surface area contributed by atoms with E-state index in [1.165, 1.54) is 11.0 Å². The molecule has 218 valence electrons. The molecule has 1 aliphatic heterocycles. The Kier molecular flexibility index (Phi) is 10.6. The summed E-state index contributed by atoms with van der Waals surface area (Å²) >= 11 is 3.46. The number of hydrogen-bond acceptors (Lipinski definition) is 6. The molecule has 2 atom stereocenters. The number of aryl methyl sites for hydroxylation is 1. The fraction of sp³-hybridized carbons (Fsp3) is 0.355. The predicted molar refractivity (Wildman–Crippen MR) is 157 cm³/mol. The smallest absolute Gasteiger partial charge is 0.411 e. The number of halogens is 2. The van der Waals surface area contributed by atoms with Crippen molar-refractivity contribution in [1.29, 1.82) is 0 Å². The summed E-state index contributed by atoms with van der Waals surface area (Å²) in [7, 11) is 1.55. The Bertz CT molecular complexity index is 1350. The van der Waals surface area contributed by atoms with Gasteiger partial charge in [0.25, 0.3) is 0 Å². The first-order valence-electron chi connectivity index (χ1n) is 13.4. The minimum Gasteiger partial charge on any atom is -0.484 e. The zero-order chi connectivity index (χ0) is 29.4. The van der Waals surface area contributed by atoms with Crippen molar-refractivity contribution >= 4 is 33.8 Å². The van der Waals surface area contributed by atoms with Crippen LogP contribution in [0.4, 0.5) is 19.7 Å². The van der Waals surface area contributed by atoms with Crippen LogP contribution in [0.5, 0.6) is 5.75 Å². The van der Waals surface area contributed by atoms with E-state index in [0.29, 0.717) is 25.2 Å². The number of ether oxygens (including phenoxy) is 4. The van der Waals surface area contributed by atoms with E-state index in [1.54, 1.807) is 13.1 Å². The summed E-state index contributed by atoms with van der Waals surface area (Å²) in [6.07, 6.45) is -0.994. The van der Waals surface area contributed by atoms with E-state index in [-0.39, 0.29) is 43.2 Å².